The number of hydrogen-bond donors (Lipinski definition) is 0. The number of amides is 1. The highest BCUT2D eigenvalue weighted by Gasteiger charge is 2.52. The summed E-state index contributed by atoms with van der Waals surface area (Å²) in [5, 5.41) is 0. The molecule has 1 aromatic rings. The Kier molecular flexibility index (Phi) is 4.84. The van der Waals surface area contributed by atoms with Gasteiger partial charge < -0.3 is 18.9 Å². The predicted molar refractivity (Wildman–Crippen MR) is 102 cm³/mol. The number of ether oxygens (including phenoxy) is 1. The lowest BCUT2D eigenvalue weighted by molar-refractivity contribution is 0.00578. The molecule has 0 aliphatic carbocycles. The molecule has 0 spiro atoms. The van der Waals surface area contributed by atoms with Crippen molar-refractivity contribution in [3.05, 3.63) is 29.1 Å². The maximum absolute atomic E-state index is 14.9. The SMILES string of the molecule is CC(C)(C)OC(=O)N1CCc2cc(B3OC(C)(C)C(C)(C)O3)cc(F)c2C1. The molecular formula is C20H29BFNO4. The molecule has 2 heterocycles. The van der Waals surface area contributed by atoms with E-state index in [2.05, 4.69) is 0 Å². The fraction of sp³-hybridized carbons (Fsp3) is 0.650. The fourth-order valence-electron chi connectivity index (χ4n) is 3.24. The van der Waals surface area contributed by atoms with E-state index in [0.717, 1.165) is 5.56 Å². The van der Waals surface area contributed by atoms with Crippen LogP contribution in [0.5, 0.6) is 0 Å². The summed E-state index contributed by atoms with van der Waals surface area (Å²) in [6, 6.07) is 3.40. The van der Waals surface area contributed by atoms with Gasteiger partial charge in [-0.3, -0.25) is 0 Å². The molecule has 0 radical (unpaired) electrons. The number of carbonyl (C=O) groups is 1. The number of nitrogens with zero attached hydrogens (tertiary/aromatic N) is 1. The van der Waals surface area contributed by atoms with Gasteiger partial charge in [0.25, 0.3) is 0 Å². The van der Waals surface area contributed by atoms with Crippen molar-refractivity contribution in [2.24, 2.45) is 0 Å². The molecule has 0 N–H and O–H groups in total. The van der Waals surface area contributed by atoms with Gasteiger partial charge in [-0.25, -0.2) is 9.18 Å². The van der Waals surface area contributed by atoms with Crippen molar-refractivity contribution in [1.82, 2.24) is 4.90 Å². The minimum absolute atomic E-state index is 0.208. The quantitative estimate of drug-likeness (QED) is 0.704. The zero-order chi connectivity index (χ0) is 20.2. The van der Waals surface area contributed by atoms with E-state index in [1.165, 1.54) is 6.07 Å². The third kappa shape index (κ3) is 3.99. The van der Waals surface area contributed by atoms with E-state index in [0.29, 0.717) is 24.0 Å². The van der Waals surface area contributed by atoms with Crippen LogP contribution in [0.2, 0.25) is 0 Å². The molecule has 2 aliphatic heterocycles. The van der Waals surface area contributed by atoms with Crippen LogP contribution >= 0.6 is 0 Å². The van der Waals surface area contributed by atoms with Crippen molar-refractivity contribution in [1.29, 1.82) is 0 Å². The van der Waals surface area contributed by atoms with E-state index in [1.807, 2.05) is 54.5 Å². The van der Waals surface area contributed by atoms with Crippen molar-refractivity contribution in [2.75, 3.05) is 6.54 Å². The van der Waals surface area contributed by atoms with Crippen molar-refractivity contribution in [3.8, 4) is 0 Å². The molecule has 2 aliphatic rings. The topological polar surface area (TPSA) is 48.0 Å². The molecule has 0 saturated carbocycles. The first kappa shape index (κ1) is 20.1. The molecule has 1 amide bonds. The highest BCUT2D eigenvalue weighted by Crippen LogP contribution is 2.36. The second-order valence-corrected chi connectivity index (χ2v) is 9.38. The fourth-order valence-corrected chi connectivity index (χ4v) is 3.24. The van der Waals surface area contributed by atoms with Crippen LogP contribution in [0.4, 0.5) is 9.18 Å². The average molecular weight is 377 g/mol. The van der Waals surface area contributed by atoms with Gasteiger partial charge in [-0.1, -0.05) is 6.07 Å². The van der Waals surface area contributed by atoms with E-state index in [9.17, 15) is 9.18 Å². The maximum atomic E-state index is 14.9. The van der Waals surface area contributed by atoms with E-state index >= 15 is 0 Å². The normalized spacial score (nSPS) is 21.2. The Labute approximate surface area is 161 Å². The number of hydrogen-bond acceptors (Lipinski definition) is 4. The number of carbonyl (C=O) groups excluding carboxylic acids is 1. The van der Waals surface area contributed by atoms with Gasteiger partial charge in [0.1, 0.15) is 11.4 Å². The molecule has 5 nitrogen and oxygen atoms in total. The van der Waals surface area contributed by atoms with Crippen LogP contribution in [0.25, 0.3) is 0 Å². The van der Waals surface area contributed by atoms with Crippen molar-refractivity contribution >= 4 is 18.7 Å². The van der Waals surface area contributed by atoms with Crippen LogP contribution in [0.1, 0.15) is 59.6 Å². The largest absolute Gasteiger partial charge is 0.494 e. The first-order chi connectivity index (χ1) is 12.3. The van der Waals surface area contributed by atoms with E-state index < -0.39 is 30.0 Å². The Morgan fingerprint density at radius 2 is 1.78 bits per heavy atom. The highest BCUT2D eigenvalue weighted by molar-refractivity contribution is 6.62. The van der Waals surface area contributed by atoms with Gasteiger partial charge in [0.2, 0.25) is 0 Å². The summed E-state index contributed by atoms with van der Waals surface area (Å²) in [5.74, 6) is -0.342. The van der Waals surface area contributed by atoms with Crippen LogP contribution < -0.4 is 5.46 Å². The molecule has 0 unspecified atom stereocenters. The molecular weight excluding hydrogens is 348 g/mol. The second-order valence-electron chi connectivity index (χ2n) is 9.38. The Bertz CT molecular complexity index is 741. The van der Waals surface area contributed by atoms with Crippen LogP contribution in [0, 0.1) is 5.82 Å². The molecule has 1 saturated heterocycles. The summed E-state index contributed by atoms with van der Waals surface area (Å²) in [5.41, 5.74) is 0.577. The first-order valence-electron chi connectivity index (χ1n) is 9.44. The standard InChI is InChI=1S/C20H29BFNO4/c1-18(2,3)25-17(24)23-9-8-13-10-14(11-16(22)15(13)12-23)21-26-19(4,5)20(6,7)27-21/h10-11H,8-9,12H2,1-7H3. The molecule has 3 rings (SSSR count). The number of halogens is 1. The zero-order valence-electron chi connectivity index (χ0n) is 17.3. The van der Waals surface area contributed by atoms with E-state index in [1.54, 1.807) is 4.90 Å². The van der Waals surface area contributed by atoms with Crippen molar-refractivity contribution in [3.63, 3.8) is 0 Å². The van der Waals surface area contributed by atoms with Gasteiger partial charge in [0, 0.05) is 12.1 Å². The molecule has 27 heavy (non-hydrogen) atoms. The summed E-state index contributed by atoms with van der Waals surface area (Å²) >= 11 is 0. The van der Waals surface area contributed by atoms with Crippen LogP contribution in [-0.2, 0) is 27.0 Å². The molecule has 0 bridgehead atoms. The maximum Gasteiger partial charge on any atom is 0.494 e. The van der Waals surface area contributed by atoms with Gasteiger partial charge >= 0.3 is 13.2 Å². The van der Waals surface area contributed by atoms with E-state index in [4.69, 9.17) is 14.0 Å². The first-order valence-corrected chi connectivity index (χ1v) is 9.44. The molecule has 1 aromatic carbocycles. The van der Waals surface area contributed by atoms with Crippen LogP contribution in [0.15, 0.2) is 12.1 Å². The number of benzene rings is 1. The summed E-state index contributed by atoms with van der Waals surface area (Å²) < 4.78 is 32.3. The van der Waals surface area contributed by atoms with Crippen molar-refractivity contribution in [2.45, 2.75) is 78.2 Å². The average Bonchev–Trinajstić information content (AvgIpc) is 2.73. The Hall–Kier alpha value is -1.60. The van der Waals surface area contributed by atoms with Gasteiger partial charge in [0.05, 0.1) is 17.7 Å². The number of rotatable bonds is 1. The van der Waals surface area contributed by atoms with Gasteiger partial charge in [0.15, 0.2) is 0 Å². The predicted octanol–water partition coefficient (Wildman–Crippen LogP) is 3.42. The Morgan fingerprint density at radius 1 is 1.19 bits per heavy atom. The van der Waals surface area contributed by atoms with Gasteiger partial charge in [-0.2, -0.15) is 0 Å². The zero-order valence-corrected chi connectivity index (χ0v) is 17.3. The summed E-state index contributed by atoms with van der Waals surface area (Å²) in [6.45, 7) is 14.1. The summed E-state index contributed by atoms with van der Waals surface area (Å²) in [6.07, 6.45) is 0.154. The highest BCUT2D eigenvalue weighted by atomic mass is 19.1. The van der Waals surface area contributed by atoms with Crippen LogP contribution in [-0.4, -0.2) is 41.5 Å². The molecule has 148 valence electrons. The summed E-state index contributed by atoms with van der Waals surface area (Å²) in [4.78, 5) is 13.8. The Morgan fingerprint density at radius 3 is 2.33 bits per heavy atom. The monoisotopic (exact) mass is 377 g/mol. The Balaban J connectivity index is 1.80. The summed E-state index contributed by atoms with van der Waals surface area (Å²) in [7, 11) is -0.598. The minimum atomic E-state index is -0.598. The lowest BCUT2D eigenvalue weighted by Crippen LogP contribution is -2.41. The lowest BCUT2D eigenvalue weighted by Gasteiger charge is -2.32. The van der Waals surface area contributed by atoms with Gasteiger partial charge in [-0.15, -0.1) is 0 Å². The minimum Gasteiger partial charge on any atom is -0.444 e. The van der Waals surface area contributed by atoms with E-state index in [-0.39, 0.29) is 12.4 Å². The third-order valence-electron chi connectivity index (χ3n) is 5.49. The third-order valence-corrected chi connectivity index (χ3v) is 5.49. The molecule has 1 fully saturated rings. The lowest BCUT2D eigenvalue weighted by atomic mass is 9.77. The molecule has 7 heteroatoms. The number of fused-ring (bicyclic) bond motifs is 1. The van der Waals surface area contributed by atoms with Gasteiger partial charge in [-0.05, 0) is 72.0 Å². The smallest absolute Gasteiger partial charge is 0.444 e. The molecule has 0 aromatic heterocycles. The molecule has 0 atom stereocenters. The van der Waals surface area contributed by atoms with Crippen molar-refractivity contribution < 1.29 is 23.2 Å². The van der Waals surface area contributed by atoms with Crippen LogP contribution in [0.3, 0.4) is 0 Å². The second kappa shape index (κ2) is 6.48.